The van der Waals surface area contributed by atoms with E-state index in [0.717, 1.165) is 55.8 Å². The molecule has 0 spiro atoms. The topological polar surface area (TPSA) is 114 Å². The molecule has 0 fully saturated rings. The van der Waals surface area contributed by atoms with Crippen molar-refractivity contribution >= 4 is 22.6 Å². The summed E-state index contributed by atoms with van der Waals surface area (Å²) in [7, 11) is 1.88. The minimum atomic E-state index is -0.260. The fourth-order valence-electron chi connectivity index (χ4n) is 4.26. The van der Waals surface area contributed by atoms with Gasteiger partial charge in [-0.05, 0) is 42.7 Å². The number of hydrogen-bond donors (Lipinski definition) is 3. The van der Waals surface area contributed by atoms with Crippen LogP contribution in [0.25, 0.3) is 44.5 Å². The summed E-state index contributed by atoms with van der Waals surface area (Å²) in [4.78, 5) is 20.2. The second-order valence-electron chi connectivity index (χ2n) is 8.69. The normalized spacial score (nSPS) is 11.2. The van der Waals surface area contributed by atoms with Crippen LogP contribution in [0, 0.1) is 6.92 Å². The molecule has 4 heterocycles. The van der Waals surface area contributed by atoms with Gasteiger partial charge in [0.2, 0.25) is 5.91 Å². The van der Waals surface area contributed by atoms with Gasteiger partial charge in [-0.3, -0.25) is 14.2 Å². The van der Waals surface area contributed by atoms with Gasteiger partial charge in [-0.25, -0.2) is 4.98 Å². The molecule has 182 valence electrons. The minimum Gasteiger partial charge on any atom is -0.396 e. The highest BCUT2D eigenvalue weighted by atomic mass is 16.3. The van der Waals surface area contributed by atoms with Crippen LogP contribution in [0.4, 0.5) is 5.69 Å². The molecule has 9 heteroatoms. The number of H-pyrrole nitrogens is 1. The Morgan fingerprint density at radius 2 is 1.94 bits per heavy atom. The number of pyridine rings is 1. The van der Waals surface area contributed by atoms with E-state index in [9.17, 15) is 4.79 Å². The summed E-state index contributed by atoms with van der Waals surface area (Å²) in [6, 6.07) is 8.10. The van der Waals surface area contributed by atoms with Crippen molar-refractivity contribution in [2.24, 2.45) is 7.05 Å². The minimum absolute atomic E-state index is 0.123. The van der Waals surface area contributed by atoms with Crippen LogP contribution in [-0.2, 0) is 18.4 Å². The van der Waals surface area contributed by atoms with E-state index in [1.54, 1.807) is 4.68 Å². The number of aliphatic hydroxyl groups is 1. The van der Waals surface area contributed by atoms with Crippen LogP contribution >= 0.6 is 0 Å². The summed E-state index contributed by atoms with van der Waals surface area (Å²) >= 11 is 0. The molecule has 0 radical (unpaired) electrons. The van der Waals surface area contributed by atoms with Gasteiger partial charge in [0.05, 0.1) is 18.1 Å². The number of nitrogens with zero attached hydrogens (tertiary/aromatic N) is 5. The van der Waals surface area contributed by atoms with Gasteiger partial charge in [0, 0.05) is 72.1 Å². The lowest BCUT2D eigenvalue weighted by atomic mass is 9.97. The largest absolute Gasteiger partial charge is 0.396 e. The molecule has 0 bridgehead atoms. The number of rotatable bonds is 8. The van der Waals surface area contributed by atoms with E-state index in [-0.39, 0.29) is 12.5 Å². The smallest absolute Gasteiger partial charge is 0.247 e. The average molecular weight is 482 g/mol. The summed E-state index contributed by atoms with van der Waals surface area (Å²) < 4.78 is 3.58. The third-order valence-electron chi connectivity index (χ3n) is 6.13. The molecule has 0 saturated carbocycles. The van der Waals surface area contributed by atoms with E-state index in [1.807, 2.05) is 67.8 Å². The van der Waals surface area contributed by atoms with Gasteiger partial charge in [0.25, 0.3) is 0 Å². The Morgan fingerprint density at radius 1 is 1.11 bits per heavy atom. The molecule has 5 rings (SSSR count). The first-order valence-electron chi connectivity index (χ1n) is 11.7. The Labute approximate surface area is 208 Å². The molecule has 0 unspecified atom stereocenters. The standard InChI is InChI=1S/C27H27N7O2/c1-4-24(36)31-23-11-18(7-6-17(23)2)25-22-10-19(20-13-30-34(16-20)8-5-9-35)12-28-27(22)32-26(25)21-14-29-33(3)15-21/h4,6-7,10-16,35H,1,5,8-9H2,2-3H3,(H,28,32)(H,31,36). The Bertz CT molecular complexity index is 1570. The van der Waals surface area contributed by atoms with Gasteiger partial charge in [0.1, 0.15) is 5.65 Å². The Kier molecular flexibility index (Phi) is 6.22. The maximum Gasteiger partial charge on any atom is 0.247 e. The predicted octanol–water partition coefficient (Wildman–Crippen LogP) is 4.31. The molecule has 4 aromatic heterocycles. The van der Waals surface area contributed by atoms with Crippen molar-refractivity contribution in [1.29, 1.82) is 0 Å². The van der Waals surface area contributed by atoms with E-state index >= 15 is 0 Å². The van der Waals surface area contributed by atoms with Crippen LogP contribution in [0.2, 0.25) is 0 Å². The second-order valence-corrected chi connectivity index (χ2v) is 8.69. The maximum atomic E-state index is 12.0. The summed E-state index contributed by atoms with van der Waals surface area (Å²) in [6.07, 6.45) is 11.3. The number of benzene rings is 1. The lowest BCUT2D eigenvalue weighted by Crippen LogP contribution is -2.08. The number of aromatic nitrogens is 6. The molecule has 5 aromatic rings. The quantitative estimate of drug-likeness (QED) is 0.286. The van der Waals surface area contributed by atoms with Crippen molar-refractivity contribution in [1.82, 2.24) is 29.5 Å². The molecule has 0 aliphatic carbocycles. The van der Waals surface area contributed by atoms with Crippen LogP contribution in [0.5, 0.6) is 0 Å². The molecule has 0 aliphatic rings. The molecule has 0 saturated heterocycles. The Hall–Kier alpha value is -4.50. The molecule has 1 amide bonds. The van der Waals surface area contributed by atoms with Crippen molar-refractivity contribution in [3.05, 3.63) is 73.5 Å². The van der Waals surface area contributed by atoms with Gasteiger partial charge in [-0.2, -0.15) is 10.2 Å². The van der Waals surface area contributed by atoms with E-state index in [0.29, 0.717) is 13.0 Å². The monoisotopic (exact) mass is 481 g/mol. The molecular weight excluding hydrogens is 454 g/mol. The van der Waals surface area contributed by atoms with Crippen LogP contribution in [0.1, 0.15) is 12.0 Å². The summed E-state index contributed by atoms with van der Waals surface area (Å²) in [5.74, 6) is -0.260. The molecule has 3 N–H and O–H groups in total. The molecule has 36 heavy (non-hydrogen) atoms. The highest BCUT2D eigenvalue weighted by Gasteiger charge is 2.19. The molecular formula is C27H27N7O2. The Balaban J connectivity index is 1.68. The number of hydrogen-bond acceptors (Lipinski definition) is 5. The highest BCUT2D eigenvalue weighted by molar-refractivity contribution is 6.05. The predicted molar refractivity (Wildman–Crippen MR) is 140 cm³/mol. The summed E-state index contributed by atoms with van der Waals surface area (Å²) in [5.41, 5.74) is 8.02. The van der Waals surface area contributed by atoms with Gasteiger partial charge in [0.15, 0.2) is 0 Å². The van der Waals surface area contributed by atoms with Gasteiger partial charge < -0.3 is 15.4 Å². The third kappa shape index (κ3) is 4.44. The maximum absolute atomic E-state index is 12.0. The fraction of sp³-hybridized carbons (Fsp3) is 0.185. The van der Waals surface area contributed by atoms with Crippen LogP contribution in [0.3, 0.4) is 0 Å². The highest BCUT2D eigenvalue weighted by Crippen LogP contribution is 2.40. The first-order valence-corrected chi connectivity index (χ1v) is 11.7. The number of fused-ring (bicyclic) bond motifs is 1. The van der Waals surface area contributed by atoms with E-state index < -0.39 is 0 Å². The average Bonchev–Trinajstić information content (AvgIpc) is 3.61. The summed E-state index contributed by atoms with van der Waals surface area (Å²) in [6.45, 7) is 6.28. The zero-order valence-corrected chi connectivity index (χ0v) is 20.2. The molecule has 9 nitrogen and oxygen atoms in total. The van der Waals surface area contributed by atoms with Gasteiger partial charge >= 0.3 is 0 Å². The van der Waals surface area contributed by atoms with Gasteiger partial charge in [-0.1, -0.05) is 18.7 Å². The number of aryl methyl sites for hydroxylation is 3. The number of anilines is 1. The SMILES string of the molecule is C=CC(=O)Nc1cc(-c2c(-c3cnn(C)c3)[nH]c3ncc(-c4cnn(CCCO)c4)cc23)ccc1C. The lowest BCUT2D eigenvalue weighted by Gasteiger charge is -2.11. The molecule has 0 atom stereocenters. The van der Waals surface area contributed by atoms with Crippen molar-refractivity contribution in [2.45, 2.75) is 19.9 Å². The second kappa shape index (κ2) is 9.63. The third-order valence-corrected chi connectivity index (χ3v) is 6.13. The van der Waals surface area contributed by atoms with Crippen molar-refractivity contribution in [2.75, 3.05) is 11.9 Å². The number of carbonyl (C=O) groups excluding carboxylic acids is 1. The van der Waals surface area contributed by atoms with E-state index in [1.165, 1.54) is 6.08 Å². The van der Waals surface area contributed by atoms with Gasteiger partial charge in [-0.15, -0.1) is 0 Å². The van der Waals surface area contributed by atoms with Crippen molar-refractivity contribution < 1.29 is 9.90 Å². The van der Waals surface area contributed by atoms with Crippen molar-refractivity contribution in [3.63, 3.8) is 0 Å². The zero-order chi connectivity index (χ0) is 25.2. The van der Waals surface area contributed by atoms with Crippen LogP contribution < -0.4 is 5.32 Å². The summed E-state index contributed by atoms with van der Waals surface area (Å²) in [5, 5.41) is 21.7. The number of carbonyl (C=O) groups is 1. The molecule has 0 aliphatic heterocycles. The van der Waals surface area contributed by atoms with Crippen molar-refractivity contribution in [3.8, 4) is 33.5 Å². The number of nitrogens with one attached hydrogen (secondary N) is 2. The van der Waals surface area contributed by atoms with E-state index in [2.05, 4.69) is 33.1 Å². The first kappa shape index (κ1) is 23.3. The van der Waals surface area contributed by atoms with Crippen LogP contribution in [-0.4, -0.2) is 47.1 Å². The number of aromatic amines is 1. The zero-order valence-electron chi connectivity index (χ0n) is 20.2. The fourth-order valence-corrected chi connectivity index (χ4v) is 4.26. The van der Waals surface area contributed by atoms with Crippen LogP contribution in [0.15, 0.2) is 67.9 Å². The lowest BCUT2D eigenvalue weighted by molar-refractivity contribution is -0.111. The number of aliphatic hydroxyl groups excluding tert-OH is 1. The number of amides is 1. The molecule has 1 aromatic carbocycles. The Morgan fingerprint density at radius 3 is 2.69 bits per heavy atom. The first-order chi connectivity index (χ1) is 17.5. The van der Waals surface area contributed by atoms with E-state index in [4.69, 9.17) is 10.1 Å².